The average molecular weight is 408 g/mol. The smallest absolute Gasteiger partial charge is 0.307 e. The highest BCUT2D eigenvalue weighted by Crippen LogP contribution is 2.34. The van der Waals surface area contributed by atoms with Crippen molar-refractivity contribution in [3.8, 4) is 5.75 Å². The summed E-state index contributed by atoms with van der Waals surface area (Å²) in [5.74, 6) is -0.956. The Balaban J connectivity index is 1.52. The molecule has 9 heteroatoms. The van der Waals surface area contributed by atoms with E-state index in [0.717, 1.165) is 5.56 Å². The second kappa shape index (κ2) is 8.24. The van der Waals surface area contributed by atoms with E-state index in [4.69, 9.17) is 4.74 Å². The normalized spacial score (nSPS) is 15.4. The quantitative estimate of drug-likeness (QED) is 0.632. The Hall–Kier alpha value is -3.88. The number of hydrogen-bond donors (Lipinski definition) is 3. The summed E-state index contributed by atoms with van der Waals surface area (Å²) in [6, 6.07) is 14.5. The van der Waals surface area contributed by atoms with Gasteiger partial charge >= 0.3 is 5.97 Å². The minimum Gasteiger partial charge on any atom is -0.481 e. The number of carboxylic acid groups (broad SMARTS) is 1. The Morgan fingerprint density at radius 3 is 2.73 bits per heavy atom. The molecule has 0 spiro atoms. The topological polar surface area (TPSA) is 120 Å². The van der Waals surface area contributed by atoms with Crippen LogP contribution < -0.4 is 15.4 Å². The number of aliphatic carboxylic acids is 1. The van der Waals surface area contributed by atoms with Gasteiger partial charge in [-0.05, 0) is 17.7 Å². The van der Waals surface area contributed by atoms with E-state index in [9.17, 15) is 19.5 Å². The molecule has 2 amide bonds. The Morgan fingerprint density at radius 1 is 1.17 bits per heavy atom. The average Bonchev–Trinajstić information content (AvgIpc) is 3.09. The lowest BCUT2D eigenvalue weighted by Crippen LogP contribution is -2.40. The SMILES string of the molecule is O=C(O)CC(Oc1cccc2c1CN1CC(=O)NC1=N2)C(=O)NCc1ccccc1. The number of guanidine groups is 1. The molecule has 1 saturated heterocycles. The Labute approximate surface area is 172 Å². The van der Waals surface area contributed by atoms with E-state index >= 15 is 0 Å². The zero-order chi connectivity index (χ0) is 21.1. The molecule has 3 N–H and O–H groups in total. The number of fused-ring (bicyclic) bond motifs is 2. The van der Waals surface area contributed by atoms with E-state index in [0.29, 0.717) is 29.5 Å². The van der Waals surface area contributed by atoms with Crippen molar-refractivity contribution in [3.05, 3.63) is 59.7 Å². The third-order valence-corrected chi connectivity index (χ3v) is 4.80. The standard InChI is InChI=1S/C21H20N4O5/c26-18-12-25-11-14-15(23-21(25)24-18)7-4-8-16(14)30-17(9-19(27)28)20(29)22-10-13-5-2-1-3-6-13/h1-8,17H,9-12H2,(H,22,29)(H,27,28)(H,23,24,26). The molecule has 2 aromatic rings. The molecule has 0 bridgehead atoms. The van der Waals surface area contributed by atoms with Gasteiger partial charge in [-0.25, -0.2) is 4.99 Å². The fraction of sp³-hybridized carbons (Fsp3) is 0.238. The molecule has 0 aliphatic carbocycles. The fourth-order valence-electron chi connectivity index (χ4n) is 3.35. The second-order valence-corrected chi connectivity index (χ2v) is 7.00. The number of hydrogen-bond acceptors (Lipinski definition) is 6. The number of ether oxygens (including phenoxy) is 1. The molecule has 154 valence electrons. The summed E-state index contributed by atoms with van der Waals surface area (Å²) in [4.78, 5) is 41.8. The lowest BCUT2D eigenvalue weighted by molar-refractivity contribution is -0.143. The van der Waals surface area contributed by atoms with Crippen LogP contribution in [-0.2, 0) is 27.5 Å². The number of aliphatic imine (C=N–C) groups is 1. The van der Waals surface area contributed by atoms with Crippen molar-refractivity contribution in [2.75, 3.05) is 6.54 Å². The number of carboxylic acids is 1. The highest BCUT2D eigenvalue weighted by molar-refractivity contribution is 6.06. The third-order valence-electron chi connectivity index (χ3n) is 4.80. The van der Waals surface area contributed by atoms with E-state index in [1.807, 2.05) is 30.3 Å². The summed E-state index contributed by atoms with van der Waals surface area (Å²) in [6.07, 6.45) is -1.69. The van der Waals surface area contributed by atoms with Crippen LogP contribution in [0.25, 0.3) is 0 Å². The Kier molecular flexibility index (Phi) is 5.34. The van der Waals surface area contributed by atoms with Crippen molar-refractivity contribution in [3.63, 3.8) is 0 Å². The maximum Gasteiger partial charge on any atom is 0.307 e. The van der Waals surface area contributed by atoms with Crippen LogP contribution in [0, 0.1) is 0 Å². The van der Waals surface area contributed by atoms with Crippen molar-refractivity contribution in [2.24, 2.45) is 4.99 Å². The van der Waals surface area contributed by atoms with Crippen molar-refractivity contribution >= 4 is 29.4 Å². The van der Waals surface area contributed by atoms with Crippen LogP contribution >= 0.6 is 0 Å². The molecule has 0 saturated carbocycles. The highest BCUT2D eigenvalue weighted by atomic mass is 16.5. The monoisotopic (exact) mass is 408 g/mol. The third kappa shape index (κ3) is 4.24. The van der Waals surface area contributed by atoms with Gasteiger partial charge in [0.1, 0.15) is 12.3 Å². The van der Waals surface area contributed by atoms with Gasteiger partial charge in [0.05, 0.1) is 18.7 Å². The first-order valence-electron chi connectivity index (χ1n) is 9.45. The van der Waals surface area contributed by atoms with Gasteiger partial charge in [-0.1, -0.05) is 36.4 Å². The minimum absolute atomic E-state index is 0.145. The highest BCUT2D eigenvalue weighted by Gasteiger charge is 2.32. The molecule has 4 rings (SSSR count). The summed E-state index contributed by atoms with van der Waals surface area (Å²) in [5, 5.41) is 14.7. The molecule has 1 fully saturated rings. The van der Waals surface area contributed by atoms with Crippen molar-refractivity contribution < 1.29 is 24.2 Å². The number of carbonyl (C=O) groups is 3. The zero-order valence-electron chi connectivity index (χ0n) is 16.0. The molecular weight excluding hydrogens is 388 g/mol. The molecule has 1 atom stereocenters. The molecule has 2 heterocycles. The van der Waals surface area contributed by atoms with Gasteiger partial charge in [-0.15, -0.1) is 0 Å². The lowest BCUT2D eigenvalue weighted by Gasteiger charge is -2.26. The molecule has 2 aromatic carbocycles. The lowest BCUT2D eigenvalue weighted by atomic mass is 10.1. The largest absolute Gasteiger partial charge is 0.481 e. The molecule has 9 nitrogen and oxygen atoms in total. The second-order valence-electron chi connectivity index (χ2n) is 7.00. The zero-order valence-corrected chi connectivity index (χ0v) is 16.0. The molecule has 1 unspecified atom stereocenters. The fourth-order valence-corrected chi connectivity index (χ4v) is 3.35. The van der Waals surface area contributed by atoms with Gasteiger partial charge in [0.15, 0.2) is 6.10 Å². The summed E-state index contributed by atoms with van der Waals surface area (Å²) >= 11 is 0. The molecule has 2 aliphatic rings. The summed E-state index contributed by atoms with van der Waals surface area (Å²) in [7, 11) is 0. The van der Waals surface area contributed by atoms with Crippen LogP contribution in [0.5, 0.6) is 5.75 Å². The summed E-state index contributed by atoms with van der Waals surface area (Å²) < 4.78 is 5.86. The number of nitrogens with zero attached hydrogens (tertiary/aromatic N) is 2. The van der Waals surface area contributed by atoms with E-state index in [1.165, 1.54) is 0 Å². The van der Waals surface area contributed by atoms with Gasteiger partial charge in [0.2, 0.25) is 11.9 Å². The van der Waals surface area contributed by atoms with E-state index in [2.05, 4.69) is 15.6 Å². The predicted octanol–water partition coefficient (Wildman–Crippen LogP) is 1.16. The van der Waals surface area contributed by atoms with Gasteiger partial charge in [-0.3, -0.25) is 19.7 Å². The molecular formula is C21H20N4O5. The minimum atomic E-state index is -1.21. The summed E-state index contributed by atoms with van der Waals surface area (Å²) in [5.41, 5.74) is 2.20. The van der Waals surface area contributed by atoms with Crippen LogP contribution in [0.4, 0.5) is 5.69 Å². The van der Waals surface area contributed by atoms with Crippen LogP contribution in [0.3, 0.4) is 0 Å². The molecule has 0 radical (unpaired) electrons. The number of nitrogens with one attached hydrogen (secondary N) is 2. The first-order chi connectivity index (χ1) is 14.5. The first-order valence-corrected chi connectivity index (χ1v) is 9.45. The number of amides is 2. The van der Waals surface area contributed by atoms with Crippen LogP contribution in [-0.4, -0.2) is 46.4 Å². The predicted molar refractivity (Wildman–Crippen MR) is 107 cm³/mol. The Morgan fingerprint density at radius 2 is 1.97 bits per heavy atom. The van der Waals surface area contributed by atoms with E-state index in [1.54, 1.807) is 23.1 Å². The summed E-state index contributed by atoms with van der Waals surface area (Å²) in [6.45, 7) is 0.818. The van der Waals surface area contributed by atoms with Gasteiger partial charge < -0.3 is 20.1 Å². The van der Waals surface area contributed by atoms with Crippen LogP contribution in [0.2, 0.25) is 0 Å². The van der Waals surface area contributed by atoms with Crippen LogP contribution in [0.1, 0.15) is 17.5 Å². The maximum absolute atomic E-state index is 12.7. The van der Waals surface area contributed by atoms with Gasteiger partial charge in [-0.2, -0.15) is 0 Å². The van der Waals surface area contributed by atoms with Crippen molar-refractivity contribution in [2.45, 2.75) is 25.6 Å². The maximum atomic E-state index is 12.7. The number of benzene rings is 2. The molecule has 0 aromatic heterocycles. The molecule has 30 heavy (non-hydrogen) atoms. The first kappa shape index (κ1) is 19.4. The van der Waals surface area contributed by atoms with Crippen LogP contribution in [0.15, 0.2) is 53.5 Å². The molecule has 2 aliphatic heterocycles. The Bertz CT molecular complexity index is 1020. The van der Waals surface area contributed by atoms with Gasteiger partial charge in [0.25, 0.3) is 5.91 Å². The van der Waals surface area contributed by atoms with Gasteiger partial charge in [0, 0.05) is 12.1 Å². The number of rotatable bonds is 7. The van der Waals surface area contributed by atoms with Crippen molar-refractivity contribution in [1.29, 1.82) is 0 Å². The number of carbonyl (C=O) groups excluding carboxylic acids is 2. The van der Waals surface area contributed by atoms with E-state index < -0.39 is 24.4 Å². The van der Waals surface area contributed by atoms with E-state index in [-0.39, 0.29) is 19.0 Å². The van der Waals surface area contributed by atoms with Crippen molar-refractivity contribution in [1.82, 2.24) is 15.5 Å².